The van der Waals surface area contributed by atoms with Crippen LogP contribution in [-0.4, -0.2) is 14.4 Å². The minimum Gasteiger partial charge on any atom is -0.306 e. The minimum atomic E-state index is -0.296. The van der Waals surface area contributed by atoms with Crippen LogP contribution in [0, 0.1) is 5.82 Å². The lowest BCUT2D eigenvalue weighted by Crippen LogP contribution is -1.94. The van der Waals surface area contributed by atoms with Gasteiger partial charge >= 0.3 is 0 Å². The molecule has 0 aliphatic heterocycles. The third-order valence-corrected chi connectivity index (χ3v) is 3.43. The lowest BCUT2D eigenvalue weighted by atomic mass is 10.0. The Kier molecular flexibility index (Phi) is 2.06. The van der Waals surface area contributed by atoms with Crippen molar-refractivity contribution in [2.45, 2.75) is 6.42 Å². The van der Waals surface area contributed by atoms with Crippen LogP contribution in [0.25, 0.3) is 11.2 Å². The molecule has 0 amide bonds. The van der Waals surface area contributed by atoms with Crippen molar-refractivity contribution in [1.29, 1.82) is 0 Å². The summed E-state index contributed by atoms with van der Waals surface area (Å²) in [5.74, 6) is -0.296. The van der Waals surface area contributed by atoms with Gasteiger partial charge in [-0.15, -0.1) is 0 Å². The molecule has 0 atom stereocenters. The van der Waals surface area contributed by atoms with Crippen LogP contribution in [0.4, 0.5) is 4.39 Å². The van der Waals surface area contributed by atoms with Gasteiger partial charge in [0.15, 0.2) is 0 Å². The molecule has 0 N–H and O–H groups in total. The topological polar surface area (TPSA) is 30.2 Å². The zero-order valence-electron chi connectivity index (χ0n) is 10.0. The second kappa shape index (κ2) is 3.75. The highest BCUT2D eigenvalue weighted by Gasteiger charge is 2.17. The van der Waals surface area contributed by atoms with E-state index in [-0.39, 0.29) is 5.82 Å². The number of hydrogen-bond donors (Lipinski definition) is 0. The average Bonchev–Trinajstić information content (AvgIpc) is 3.03. The van der Waals surface area contributed by atoms with Gasteiger partial charge in [-0.2, -0.15) is 0 Å². The summed E-state index contributed by atoms with van der Waals surface area (Å²) in [6.07, 6.45) is 9.79. The summed E-state index contributed by atoms with van der Waals surface area (Å²) < 4.78 is 15.3. The molecule has 19 heavy (non-hydrogen) atoms. The zero-order valence-corrected chi connectivity index (χ0v) is 10.0. The molecular formula is C15H10FN3. The van der Waals surface area contributed by atoms with Crippen LogP contribution in [0.3, 0.4) is 0 Å². The van der Waals surface area contributed by atoms with E-state index in [1.165, 1.54) is 6.20 Å². The fraction of sp³-hybridized carbons (Fsp3) is 0.0667. The fourth-order valence-corrected chi connectivity index (χ4v) is 2.52. The number of hydrogen-bond acceptors (Lipinski definition) is 2. The Morgan fingerprint density at radius 3 is 3.11 bits per heavy atom. The van der Waals surface area contributed by atoms with Crippen LogP contribution < -0.4 is 0 Å². The molecule has 0 saturated carbocycles. The van der Waals surface area contributed by atoms with Crippen molar-refractivity contribution in [2.24, 2.45) is 0 Å². The molecule has 0 saturated heterocycles. The van der Waals surface area contributed by atoms with Gasteiger partial charge < -0.3 is 4.40 Å². The first-order valence-electron chi connectivity index (χ1n) is 6.09. The normalized spacial score (nSPS) is 13.6. The molecule has 1 aliphatic carbocycles. The van der Waals surface area contributed by atoms with Crippen molar-refractivity contribution in [2.75, 3.05) is 0 Å². The molecule has 0 aromatic carbocycles. The minimum absolute atomic E-state index is 0.296. The molecule has 4 rings (SSSR count). The number of rotatable bonds is 1. The Morgan fingerprint density at radius 1 is 1.21 bits per heavy atom. The molecule has 0 unspecified atom stereocenters. The Balaban J connectivity index is 1.88. The van der Waals surface area contributed by atoms with Crippen molar-refractivity contribution in [1.82, 2.24) is 14.4 Å². The van der Waals surface area contributed by atoms with E-state index in [4.69, 9.17) is 0 Å². The number of allylic oxidation sites excluding steroid dienone is 1. The Bertz CT molecular complexity index is 817. The lowest BCUT2D eigenvalue weighted by molar-refractivity contribution is 0.619. The number of imidazole rings is 1. The summed E-state index contributed by atoms with van der Waals surface area (Å²) in [5.41, 5.74) is 4.82. The largest absolute Gasteiger partial charge is 0.306 e. The van der Waals surface area contributed by atoms with Crippen LogP contribution in [-0.2, 0) is 6.42 Å². The van der Waals surface area contributed by atoms with Gasteiger partial charge in [0.05, 0.1) is 11.9 Å². The first-order chi connectivity index (χ1) is 9.31. The predicted molar refractivity (Wildman–Crippen MR) is 70.2 cm³/mol. The van der Waals surface area contributed by atoms with Gasteiger partial charge in [-0.05, 0) is 29.3 Å². The monoisotopic (exact) mass is 251 g/mol. The molecule has 0 bridgehead atoms. The molecule has 92 valence electrons. The summed E-state index contributed by atoms with van der Waals surface area (Å²) in [7, 11) is 0. The van der Waals surface area contributed by atoms with E-state index in [0.717, 1.165) is 34.5 Å². The third-order valence-electron chi connectivity index (χ3n) is 3.43. The predicted octanol–water partition coefficient (Wildman–Crippen LogP) is 2.86. The highest BCUT2D eigenvalue weighted by molar-refractivity contribution is 5.84. The Morgan fingerprint density at radius 2 is 2.16 bits per heavy atom. The van der Waals surface area contributed by atoms with Crippen molar-refractivity contribution < 1.29 is 4.39 Å². The van der Waals surface area contributed by atoms with Gasteiger partial charge in [-0.1, -0.05) is 6.08 Å². The second-order valence-electron chi connectivity index (χ2n) is 4.58. The SMILES string of the molecule is Fc1cnc2c(c1)C(c1ccc3nccn3c1)=CC2. The van der Waals surface area contributed by atoms with Crippen LogP contribution >= 0.6 is 0 Å². The van der Waals surface area contributed by atoms with Gasteiger partial charge in [0.1, 0.15) is 11.5 Å². The molecular weight excluding hydrogens is 241 g/mol. The number of fused-ring (bicyclic) bond motifs is 2. The molecule has 0 fully saturated rings. The van der Waals surface area contributed by atoms with Crippen molar-refractivity contribution in [3.63, 3.8) is 0 Å². The first-order valence-corrected chi connectivity index (χ1v) is 6.09. The quantitative estimate of drug-likeness (QED) is 0.665. The smallest absolute Gasteiger partial charge is 0.142 e. The summed E-state index contributed by atoms with van der Waals surface area (Å²) in [4.78, 5) is 8.36. The average molecular weight is 251 g/mol. The molecule has 0 radical (unpaired) electrons. The molecule has 4 heteroatoms. The Labute approximate surface area is 109 Å². The summed E-state index contributed by atoms with van der Waals surface area (Å²) in [5, 5.41) is 0. The number of aromatic nitrogens is 3. The molecule has 0 spiro atoms. The van der Waals surface area contributed by atoms with E-state index in [2.05, 4.69) is 16.0 Å². The second-order valence-corrected chi connectivity index (χ2v) is 4.58. The summed E-state index contributed by atoms with van der Waals surface area (Å²) in [6, 6.07) is 5.52. The summed E-state index contributed by atoms with van der Waals surface area (Å²) >= 11 is 0. The molecule has 3 nitrogen and oxygen atoms in total. The van der Waals surface area contributed by atoms with Gasteiger partial charge in [-0.3, -0.25) is 4.98 Å². The van der Waals surface area contributed by atoms with Crippen molar-refractivity contribution in [3.05, 3.63) is 71.7 Å². The number of nitrogens with zero attached hydrogens (tertiary/aromatic N) is 3. The van der Waals surface area contributed by atoms with E-state index in [1.54, 1.807) is 12.3 Å². The maximum absolute atomic E-state index is 13.3. The number of halogens is 1. The maximum atomic E-state index is 13.3. The maximum Gasteiger partial charge on any atom is 0.142 e. The molecule has 3 aromatic rings. The lowest BCUT2D eigenvalue weighted by Gasteiger charge is -2.06. The fourth-order valence-electron chi connectivity index (χ4n) is 2.52. The highest BCUT2D eigenvalue weighted by atomic mass is 19.1. The van der Waals surface area contributed by atoms with E-state index in [0.29, 0.717) is 0 Å². The van der Waals surface area contributed by atoms with Gasteiger partial charge in [0.25, 0.3) is 0 Å². The molecule has 3 aromatic heterocycles. The van der Waals surface area contributed by atoms with Gasteiger partial charge in [-0.25, -0.2) is 9.37 Å². The molecule has 3 heterocycles. The van der Waals surface area contributed by atoms with E-state index < -0.39 is 0 Å². The first kappa shape index (κ1) is 10.4. The van der Waals surface area contributed by atoms with Gasteiger partial charge in [0, 0.05) is 30.6 Å². The van der Waals surface area contributed by atoms with E-state index in [1.807, 2.05) is 28.9 Å². The highest BCUT2D eigenvalue weighted by Crippen LogP contribution is 2.31. The van der Waals surface area contributed by atoms with Gasteiger partial charge in [0.2, 0.25) is 0 Å². The van der Waals surface area contributed by atoms with Crippen molar-refractivity contribution in [3.8, 4) is 0 Å². The molecule has 1 aliphatic rings. The standard InChI is InChI=1S/C15H10FN3/c16-11-7-13-12(2-3-14(13)18-8-11)10-1-4-15-17-5-6-19(15)9-10/h1-2,4-9H,3H2. The summed E-state index contributed by atoms with van der Waals surface area (Å²) in [6.45, 7) is 0. The van der Waals surface area contributed by atoms with Crippen LogP contribution in [0.1, 0.15) is 16.8 Å². The third kappa shape index (κ3) is 1.57. The zero-order chi connectivity index (χ0) is 12.8. The van der Waals surface area contributed by atoms with Crippen molar-refractivity contribution >= 4 is 11.2 Å². The number of pyridine rings is 2. The Hall–Kier alpha value is -2.49. The van der Waals surface area contributed by atoms with Crippen LogP contribution in [0.15, 0.2) is 49.1 Å². The van der Waals surface area contributed by atoms with Crippen LogP contribution in [0.5, 0.6) is 0 Å². The van der Waals surface area contributed by atoms with Crippen LogP contribution in [0.2, 0.25) is 0 Å². The van der Waals surface area contributed by atoms with E-state index >= 15 is 0 Å². The van der Waals surface area contributed by atoms with E-state index in [9.17, 15) is 4.39 Å².